The smallest absolute Gasteiger partial charge is 0.175 e. The van der Waals surface area contributed by atoms with E-state index in [2.05, 4.69) is 47.0 Å². The molecule has 0 aliphatic rings. The van der Waals surface area contributed by atoms with E-state index in [0.717, 1.165) is 16.8 Å². The van der Waals surface area contributed by atoms with Crippen LogP contribution in [0.1, 0.15) is 0 Å². The lowest BCUT2D eigenvalue weighted by Gasteiger charge is -2.08. The van der Waals surface area contributed by atoms with Crippen LogP contribution in [0, 0.1) is 0 Å². The topological polar surface area (TPSA) is 38.5 Å². The zero-order valence-electron chi connectivity index (χ0n) is 14.8. The predicted octanol–water partition coefficient (Wildman–Crippen LogP) is 5.27. The molecule has 0 unspecified atom stereocenters. The first-order valence-electron chi connectivity index (χ1n) is 8.75. The van der Waals surface area contributed by atoms with Crippen LogP contribution in [0.5, 0.6) is 0 Å². The second-order valence-electron chi connectivity index (χ2n) is 6.82. The lowest BCUT2D eigenvalue weighted by molar-refractivity contribution is 0.602. The van der Waals surface area contributed by atoms with Gasteiger partial charge in [0.1, 0.15) is 0 Å². The van der Waals surface area contributed by atoms with Crippen molar-refractivity contribution in [2.45, 2.75) is 4.90 Å². The molecule has 0 bridgehead atoms. The van der Waals surface area contributed by atoms with E-state index in [0.29, 0.717) is 4.90 Å². The van der Waals surface area contributed by atoms with Crippen molar-refractivity contribution in [3.63, 3.8) is 0 Å². The normalized spacial score (nSPS) is 12.2. The van der Waals surface area contributed by atoms with Crippen LogP contribution < -0.4 is 0 Å². The highest BCUT2D eigenvalue weighted by molar-refractivity contribution is 7.90. The summed E-state index contributed by atoms with van der Waals surface area (Å²) in [5.74, 6) is 0. The second kappa shape index (κ2) is 5.69. The summed E-state index contributed by atoms with van der Waals surface area (Å²) < 4.78 is 25.9. The Bertz CT molecular complexity index is 1370. The van der Waals surface area contributed by atoms with E-state index in [-0.39, 0.29) is 0 Å². The number of aromatic nitrogens is 1. The molecule has 2 heterocycles. The highest BCUT2D eigenvalue weighted by atomic mass is 32.2. The van der Waals surface area contributed by atoms with E-state index in [1.807, 2.05) is 30.3 Å². The Balaban J connectivity index is 1.86. The summed E-state index contributed by atoms with van der Waals surface area (Å²) in [6.45, 7) is 0. The molecule has 0 N–H and O–H groups in total. The molecular formula is C23H17NO2S. The molecule has 0 amide bonds. The summed E-state index contributed by atoms with van der Waals surface area (Å²) >= 11 is 0. The third kappa shape index (κ3) is 2.45. The van der Waals surface area contributed by atoms with Gasteiger partial charge in [-0.1, -0.05) is 60.7 Å². The first kappa shape index (κ1) is 16.1. The molecule has 27 heavy (non-hydrogen) atoms. The van der Waals surface area contributed by atoms with Gasteiger partial charge < -0.3 is 4.40 Å². The van der Waals surface area contributed by atoms with E-state index in [1.165, 1.54) is 28.1 Å². The molecule has 3 aromatic carbocycles. The van der Waals surface area contributed by atoms with E-state index in [1.54, 1.807) is 12.1 Å². The lowest BCUT2D eigenvalue weighted by Crippen LogP contribution is -1.96. The zero-order chi connectivity index (χ0) is 18.6. The minimum absolute atomic E-state index is 0.335. The Morgan fingerprint density at radius 1 is 0.741 bits per heavy atom. The first-order valence-corrected chi connectivity index (χ1v) is 10.6. The van der Waals surface area contributed by atoms with Gasteiger partial charge >= 0.3 is 0 Å². The number of nitrogens with zero attached hydrogens (tertiary/aromatic N) is 1. The predicted molar refractivity (Wildman–Crippen MR) is 110 cm³/mol. The summed E-state index contributed by atoms with van der Waals surface area (Å²) in [5.41, 5.74) is 5.59. The molecule has 0 aliphatic heterocycles. The molecule has 0 spiro atoms. The fourth-order valence-electron chi connectivity index (χ4n) is 3.87. The zero-order valence-corrected chi connectivity index (χ0v) is 15.6. The van der Waals surface area contributed by atoms with Crippen molar-refractivity contribution in [1.82, 2.24) is 4.40 Å². The van der Waals surface area contributed by atoms with Gasteiger partial charge in [0.05, 0.1) is 16.1 Å². The van der Waals surface area contributed by atoms with Crippen LogP contribution >= 0.6 is 0 Å². The highest BCUT2D eigenvalue weighted by Crippen LogP contribution is 2.42. The summed E-state index contributed by atoms with van der Waals surface area (Å²) in [6, 6.07) is 26.0. The molecule has 0 atom stereocenters. The molecule has 0 fully saturated rings. The van der Waals surface area contributed by atoms with Gasteiger partial charge in [-0.25, -0.2) is 8.42 Å². The summed E-state index contributed by atoms with van der Waals surface area (Å²) in [6.07, 6.45) is 3.32. The van der Waals surface area contributed by atoms with E-state index in [9.17, 15) is 8.42 Å². The van der Waals surface area contributed by atoms with Crippen molar-refractivity contribution in [3.8, 4) is 22.4 Å². The van der Waals surface area contributed by atoms with E-state index < -0.39 is 9.84 Å². The fraction of sp³-hybridized carbons (Fsp3) is 0.0435. The number of para-hydroxylation sites is 1. The SMILES string of the molecule is CS(=O)(=O)c1ccc(-c2c(-c3ccccc3)c3cccc4ccn2c43)cc1. The first-order chi connectivity index (χ1) is 13.0. The monoisotopic (exact) mass is 371 g/mol. The minimum atomic E-state index is -3.21. The van der Waals surface area contributed by atoms with Crippen molar-refractivity contribution >= 4 is 26.1 Å². The van der Waals surface area contributed by atoms with Crippen LogP contribution in [-0.2, 0) is 9.84 Å². The molecule has 2 aromatic heterocycles. The number of hydrogen-bond acceptors (Lipinski definition) is 2. The minimum Gasteiger partial charge on any atom is -0.315 e. The van der Waals surface area contributed by atoms with Crippen LogP contribution in [-0.4, -0.2) is 19.1 Å². The summed E-state index contributed by atoms with van der Waals surface area (Å²) in [7, 11) is -3.21. The summed E-state index contributed by atoms with van der Waals surface area (Å²) in [4.78, 5) is 0.335. The van der Waals surface area contributed by atoms with Crippen molar-refractivity contribution in [2.75, 3.05) is 6.26 Å². The van der Waals surface area contributed by atoms with Gasteiger partial charge in [-0.05, 0) is 29.3 Å². The number of rotatable bonds is 3. The van der Waals surface area contributed by atoms with Crippen molar-refractivity contribution in [2.24, 2.45) is 0 Å². The Hall–Kier alpha value is -3.11. The highest BCUT2D eigenvalue weighted by Gasteiger charge is 2.20. The number of sulfone groups is 1. The number of benzene rings is 3. The third-order valence-corrected chi connectivity index (χ3v) is 6.21. The molecule has 5 aromatic rings. The maximum atomic E-state index is 11.8. The van der Waals surface area contributed by atoms with Gasteiger partial charge in [-0.15, -0.1) is 0 Å². The largest absolute Gasteiger partial charge is 0.315 e. The van der Waals surface area contributed by atoms with Gasteiger partial charge in [0.25, 0.3) is 0 Å². The molecule has 5 rings (SSSR count). The average Bonchev–Trinajstić information content (AvgIpc) is 3.25. The maximum Gasteiger partial charge on any atom is 0.175 e. The Kier molecular flexibility index (Phi) is 3.39. The molecule has 0 saturated heterocycles. The van der Waals surface area contributed by atoms with Crippen molar-refractivity contribution in [1.29, 1.82) is 0 Å². The molecule has 4 heteroatoms. The molecule has 3 nitrogen and oxygen atoms in total. The van der Waals surface area contributed by atoms with Crippen molar-refractivity contribution < 1.29 is 8.42 Å². The van der Waals surface area contributed by atoms with E-state index in [4.69, 9.17) is 0 Å². The number of hydrogen-bond donors (Lipinski definition) is 0. The average molecular weight is 371 g/mol. The Labute approximate surface area is 157 Å². The molecular weight excluding hydrogens is 354 g/mol. The van der Waals surface area contributed by atoms with E-state index >= 15 is 0 Å². The van der Waals surface area contributed by atoms with Gasteiger partial charge in [-0.2, -0.15) is 0 Å². The second-order valence-corrected chi connectivity index (χ2v) is 8.83. The van der Waals surface area contributed by atoms with Gasteiger partial charge in [-0.3, -0.25) is 0 Å². The molecule has 0 aliphatic carbocycles. The van der Waals surface area contributed by atoms with Gasteiger partial charge in [0.2, 0.25) is 0 Å². The van der Waals surface area contributed by atoms with Crippen LogP contribution in [0.15, 0.2) is 90.0 Å². The quantitative estimate of drug-likeness (QED) is 0.433. The van der Waals surface area contributed by atoms with Crippen LogP contribution in [0.2, 0.25) is 0 Å². The maximum absolute atomic E-state index is 11.8. The van der Waals surface area contributed by atoms with Crippen LogP contribution in [0.3, 0.4) is 0 Å². The Morgan fingerprint density at radius 3 is 2.19 bits per heavy atom. The molecule has 132 valence electrons. The fourth-order valence-corrected chi connectivity index (χ4v) is 4.50. The van der Waals surface area contributed by atoms with Crippen LogP contribution in [0.25, 0.3) is 38.7 Å². The van der Waals surface area contributed by atoms with Crippen LogP contribution in [0.4, 0.5) is 0 Å². The van der Waals surface area contributed by atoms with Crippen molar-refractivity contribution in [3.05, 3.63) is 85.1 Å². The molecule has 0 saturated carbocycles. The van der Waals surface area contributed by atoms with Gasteiger partial charge in [0.15, 0.2) is 9.84 Å². The van der Waals surface area contributed by atoms with Gasteiger partial charge in [0, 0.05) is 28.8 Å². The third-order valence-electron chi connectivity index (χ3n) is 5.08. The standard InChI is InChI=1S/C23H17NO2S/c1-27(25,26)19-12-10-18(11-13-19)23-21(16-6-3-2-4-7-16)20-9-5-8-17-14-15-24(23)22(17)20/h2-15H,1H3. The lowest BCUT2D eigenvalue weighted by atomic mass is 9.98. The Morgan fingerprint density at radius 2 is 1.48 bits per heavy atom. The summed E-state index contributed by atoms with van der Waals surface area (Å²) in [5, 5.41) is 2.40. The molecule has 0 radical (unpaired) electrons.